The summed E-state index contributed by atoms with van der Waals surface area (Å²) in [6, 6.07) is 20.4. The maximum Gasteiger partial charge on any atom is 0.259 e. The Morgan fingerprint density at radius 1 is 1.06 bits per heavy atom. The van der Waals surface area contributed by atoms with Gasteiger partial charge in [-0.2, -0.15) is 0 Å². The van der Waals surface area contributed by atoms with E-state index in [1.807, 2.05) is 48.5 Å². The molecule has 0 saturated carbocycles. The maximum absolute atomic E-state index is 14.3. The number of benzene rings is 2. The lowest BCUT2D eigenvalue weighted by atomic mass is 9.94. The summed E-state index contributed by atoms with van der Waals surface area (Å²) in [5, 5.41) is 11.5. The van der Waals surface area contributed by atoms with Crippen molar-refractivity contribution in [3.05, 3.63) is 95.4 Å². The molecule has 0 unspecified atom stereocenters. The summed E-state index contributed by atoms with van der Waals surface area (Å²) in [6.07, 6.45) is 2.52. The lowest BCUT2D eigenvalue weighted by molar-refractivity contribution is 0.0983. The van der Waals surface area contributed by atoms with Crippen LogP contribution in [-0.4, -0.2) is 39.0 Å². The summed E-state index contributed by atoms with van der Waals surface area (Å²) in [6.45, 7) is 4.91. The monoisotopic (exact) mass is 438 g/mol. The number of rotatable bonds is 5. The summed E-state index contributed by atoms with van der Waals surface area (Å²) < 4.78 is 0. The van der Waals surface area contributed by atoms with Crippen LogP contribution in [0.5, 0.6) is 5.75 Å². The molecule has 0 spiro atoms. The molecule has 2 aromatic heterocycles. The molecule has 1 aliphatic heterocycles. The van der Waals surface area contributed by atoms with Gasteiger partial charge in [0, 0.05) is 42.4 Å². The lowest BCUT2D eigenvalue weighted by Crippen LogP contribution is -2.36. The number of likely N-dealkylation sites (N-methyl/N-ethyl adjacent to an activating group) is 1. The van der Waals surface area contributed by atoms with Crippen LogP contribution in [0.15, 0.2) is 72.9 Å². The molecule has 6 heteroatoms. The Balaban J connectivity index is 1.70. The predicted molar refractivity (Wildman–Crippen MR) is 129 cm³/mol. The summed E-state index contributed by atoms with van der Waals surface area (Å²) in [5.41, 5.74) is 4.65. The van der Waals surface area contributed by atoms with Crippen molar-refractivity contribution in [2.24, 2.45) is 0 Å². The van der Waals surface area contributed by atoms with Gasteiger partial charge >= 0.3 is 0 Å². The van der Waals surface area contributed by atoms with Gasteiger partial charge in [-0.3, -0.25) is 24.6 Å². The van der Waals surface area contributed by atoms with Crippen molar-refractivity contribution in [3.63, 3.8) is 0 Å². The lowest BCUT2D eigenvalue weighted by Gasteiger charge is -2.31. The Morgan fingerprint density at radius 2 is 1.85 bits per heavy atom. The molecule has 1 N–H and O–H groups in total. The van der Waals surface area contributed by atoms with Crippen LogP contribution in [0.2, 0.25) is 0 Å². The molecule has 1 aliphatic rings. The third-order valence-corrected chi connectivity index (χ3v) is 6.25. The molecule has 166 valence electrons. The first-order valence-corrected chi connectivity index (χ1v) is 11.3. The van der Waals surface area contributed by atoms with E-state index in [0.29, 0.717) is 17.8 Å². The number of nitrogens with zero attached hydrogens (tertiary/aromatic N) is 4. The molecule has 0 radical (unpaired) electrons. The number of phenols is 1. The highest BCUT2D eigenvalue weighted by Gasteiger charge is 2.29. The van der Waals surface area contributed by atoms with Gasteiger partial charge in [-0.1, -0.05) is 43.3 Å². The van der Waals surface area contributed by atoms with Gasteiger partial charge in [0.05, 0.1) is 29.0 Å². The molecule has 0 fully saturated rings. The van der Waals surface area contributed by atoms with E-state index in [9.17, 15) is 9.90 Å². The maximum atomic E-state index is 14.3. The van der Waals surface area contributed by atoms with Crippen LogP contribution in [0, 0.1) is 0 Å². The van der Waals surface area contributed by atoms with E-state index in [1.165, 1.54) is 0 Å². The number of hydrogen-bond donors (Lipinski definition) is 1. The van der Waals surface area contributed by atoms with Crippen molar-refractivity contribution in [2.45, 2.75) is 26.4 Å². The Morgan fingerprint density at radius 3 is 2.64 bits per heavy atom. The third kappa shape index (κ3) is 4.05. The molecular formula is C27H26N4O2. The van der Waals surface area contributed by atoms with E-state index in [0.717, 1.165) is 47.4 Å². The van der Waals surface area contributed by atoms with Crippen LogP contribution >= 0.6 is 0 Å². The number of hydrogen-bond acceptors (Lipinski definition) is 5. The molecule has 0 saturated heterocycles. The van der Waals surface area contributed by atoms with Gasteiger partial charge in [-0.25, -0.2) is 0 Å². The van der Waals surface area contributed by atoms with Crippen LogP contribution in [0.3, 0.4) is 0 Å². The van der Waals surface area contributed by atoms with Crippen molar-refractivity contribution in [2.75, 3.05) is 18.0 Å². The van der Waals surface area contributed by atoms with Crippen LogP contribution in [0.1, 0.15) is 34.2 Å². The Labute approximate surface area is 193 Å². The van der Waals surface area contributed by atoms with Gasteiger partial charge in [0.25, 0.3) is 5.91 Å². The summed E-state index contributed by atoms with van der Waals surface area (Å²) in [5.74, 6) is -0.0980. The van der Waals surface area contributed by atoms with Gasteiger partial charge in [0.2, 0.25) is 0 Å². The first kappa shape index (κ1) is 21.1. The highest BCUT2D eigenvalue weighted by atomic mass is 16.3. The van der Waals surface area contributed by atoms with E-state index in [-0.39, 0.29) is 18.2 Å². The molecule has 6 nitrogen and oxygen atoms in total. The Bertz CT molecular complexity index is 1310. The fourth-order valence-electron chi connectivity index (χ4n) is 4.51. The molecule has 33 heavy (non-hydrogen) atoms. The number of phenolic OH excluding ortho intramolecular Hbond substituents is 1. The minimum atomic E-state index is -0.157. The van der Waals surface area contributed by atoms with E-state index in [4.69, 9.17) is 4.98 Å². The van der Waals surface area contributed by atoms with E-state index in [1.54, 1.807) is 29.3 Å². The van der Waals surface area contributed by atoms with E-state index < -0.39 is 0 Å². The zero-order valence-electron chi connectivity index (χ0n) is 18.6. The molecule has 2 aromatic carbocycles. The predicted octanol–water partition coefficient (Wildman–Crippen LogP) is 4.56. The zero-order valence-corrected chi connectivity index (χ0v) is 18.6. The average Bonchev–Trinajstić information content (AvgIpc) is 2.86. The first-order chi connectivity index (χ1) is 16.2. The van der Waals surface area contributed by atoms with Crippen LogP contribution < -0.4 is 4.90 Å². The molecule has 4 aromatic rings. The van der Waals surface area contributed by atoms with Crippen molar-refractivity contribution >= 4 is 22.5 Å². The molecular weight excluding hydrogens is 412 g/mol. The quantitative estimate of drug-likeness (QED) is 0.495. The number of anilines is 1. The van der Waals surface area contributed by atoms with Crippen LogP contribution in [-0.2, 0) is 19.5 Å². The summed E-state index contributed by atoms with van der Waals surface area (Å²) >= 11 is 0. The summed E-state index contributed by atoms with van der Waals surface area (Å²) in [7, 11) is 0. The molecule has 1 amide bonds. The average molecular weight is 439 g/mol. The summed E-state index contributed by atoms with van der Waals surface area (Å²) in [4.78, 5) is 27.6. The second-order valence-electron chi connectivity index (χ2n) is 8.25. The fraction of sp³-hybridized carbons (Fsp3) is 0.222. The minimum Gasteiger partial charge on any atom is -0.506 e. The van der Waals surface area contributed by atoms with Gasteiger partial charge in [-0.15, -0.1) is 0 Å². The smallest absolute Gasteiger partial charge is 0.259 e. The Kier molecular flexibility index (Phi) is 5.75. The van der Waals surface area contributed by atoms with Gasteiger partial charge in [-0.05, 0) is 36.9 Å². The SMILES string of the molecule is CCN1CCc2nc3ccccc3c(C(=O)N(Cc3ccccn3)c3ccccc3O)c2C1. The van der Waals surface area contributed by atoms with E-state index in [2.05, 4.69) is 16.8 Å². The topological polar surface area (TPSA) is 69.6 Å². The number of aromatic hydroxyl groups is 1. The number of pyridine rings is 2. The number of carbonyl (C=O) groups is 1. The van der Waals surface area contributed by atoms with Crippen molar-refractivity contribution in [1.29, 1.82) is 0 Å². The number of carbonyl (C=O) groups excluding carboxylic acids is 1. The second-order valence-corrected chi connectivity index (χ2v) is 8.25. The second kappa shape index (κ2) is 9.00. The first-order valence-electron chi connectivity index (χ1n) is 11.3. The van der Waals surface area contributed by atoms with Gasteiger partial charge in [0.15, 0.2) is 0 Å². The van der Waals surface area contributed by atoms with Crippen LogP contribution in [0.25, 0.3) is 10.9 Å². The number of amides is 1. The zero-order chi connectivity index (χ0) is 22.8. The third-order valence-electron chi connectivity index (χ3n) is 6.25. The standard InChI is InChI=1S/C27H26N4O2/c1-2-30-16-14-23-21(18-30)26(20-10-3-4-11-22(20)29-23)27(33)31(17-19-9-7-8-15-28-19)24-12-5-6-13-25(24)32/h3-13,15,32H,2,14,16-18H2,1H3. The van der Waals surface area contributed by atoms with Crippen molar-refractivity contribution < 1.29 is 9.90 Å². The van der Waals surface area contributed by atoms with E-state index >= 15 is 0 Å². The Hall–Kier alpha value is -3.77. The molecule has 0 bridgehead atoms. The minimum absolute atomic E-state index is 0.0594. The van der Waals surface area contributed by atoms with Gasteiger partial charge < -0.3 is 5.11 Å². The fourth-order valence-corrected chi connectivity index (χ4v) is 4.51. The number of para-hydroxylation sites is 3. The normalized spacial score (nSPS) is 13.6. The molecule has 3 heterocycles. The molecule has 0 aliphatic carbocycles. The molecule has 0 atom stereocenters. The number of aromatic nitrogens is 2. The van der Waals surface area contributed by atoms with Crippen molar-refractivity contribution in [1.82, 2.24) is 14.9 Å². The largest absolute Gasteiger partial charge is 0.506 e. The van der Waals surface area contributed by atoms with Crippen molar-refractivity contribution in [3.8, 4) is 5.75 Å². The highest BCUT2D eigenvalue weighted by molar-refractivity contribution is 6.15. The molecule has 5 rings (SSSR count). The van der Waals surface area contributed by atoms with Gasteiger partial charge in [0.1, 0.15) is 5.75 Å². The van der Waals surface area contributed by atoms with Crippen LogP contribution in [0.4, 0.5) is 5.69 Å². The number of fused-ring (bicyclic) bond motifs is 2. The highest BCUT2D eigenvalue weighted by Crippen LogP contribution is 2.34.